The maximum absolute atomic E-state index is 13.1. The van der Waals surface area contributed by atoms with Crippen molar-refractivity contribution < 1.29 is 19.1 Å². The third-order valence-electron chi connectivity index (χ3n) is 4.50. The van der Waals surface area contributed by atoms with Crippen molar-refractivity contribution in [2.45, 2.75) is 39.8 Å². The molecule has 158 valence electrons. The number of urea groups is 1. The van der Waals surface area contributed by atoms with Gasteiger partial charge in [0.2, 0.25) is 0 Å². The second kappa shape index (κ2) is 9.48. The summed E-state index contributed by atoms with van der Waals surface area (Å²) in [5, 5.41) is 5.67. The Kier molecular flexibility index (Phi) is 6.77. The summed E-state index contributed by atoms with van der Waals surface area (Å²) < 4.78 is 11.5. The molecule has 2 N–H and O–H groups in total. The zero-order valence-electron chi connectivity index (χ0n) is 17.8. The molecule has 30 heavy (non-hydrogen) atoms. The Bertz CT molecular complexity index is 935. The monoisotopic (exact) mass is 408 g/mol. The van der Waals surface area contributed by atoms with Crippen LogP contribution in [0.15, 0.2) is 60.2 Å². The number of hydrogen-bond acceptors (Lipinski definition) is 4. The van der Waals surface area contributed by atoms with Gasteiger partial charge in [0.05, 0.1) is 30.0 Å². The first-order valence-electron chi connectivity index (χ1n) is 10.2. The number of esters is 1. The van der Waals surface area contributed by atoms with Crippen LogP contribution < -0.4 is 15.4 Å². The highest BCUT2D eigenvalue weighted by atomic mass is 16.5. The van der Waals surface area contributed by atoms with E-state index in [1.807, 2.05) is 54.6 Å². The van der Waals surface area contributed by atoms with Gasteiger partial charge in [-0.2, -0.15) is 0 Å². The summed E-state index contributed by atoms with van der Waals surface area (Å²) in [6.07, 6.45) is -0.298. The van der Waals surface area contributed by atoms with E-state index >= 15 is 0 Å². The zero-order valence-corrected chi connectivity index (χ0v) is 17.8. The Morgan fingerprint density at radius 3 is 2.33 bits per heavy atom. The van der Waals surface area contributed by atoms with Gasteiger partial charge >= 0.3 is 12.0 Å². The van der Waals surface area contributed by atoms with E-state index in [1.54, 1.807) is 13.8 Å². The Hall–Kier alpha value is -3.28. The second-order valence-electron chi connectivity index (χ2n) is 7.88. The Labute approximate surface area is 177 Å². The highest BCUT2D eigenvalue weighted by Gasteiger charge is 2.36. The minimum atomic E-state index is -0.705. The highest BCUT2D eigenvalue weighted by molar-refractivity contribution is 6.04. The van der Waals surface area contributed by atoms with E-state index in [4.69, 9.17) is 9.47 Å². The van der Waals surface area contributed by atoms with Crippen LogP contribution in [-0.4, -0.2) is 24.7 Å². The van der Waals surface area contributed by atoms with Gasteiger partial charge in [-0.25, -0.2) is 9.59 Å². The van der Waals surface area contributed by atoms with Crippen molar-refractivity contribution in [2.75, 3.05) is 6.61 Å². The molecule has 0 saturated heterocycles. The molecule has 1 unspecified atom stereocenters. The molecule has 0 saturated carbocycles. The van der Waals surface area contributed by atoms with Gasteiger partial charge in [-0.15, -0.1) is 0 Å². The van der Waals surface area contributed by atoms with Gasteiger partial charge in [0.1, 0.15) is 5.75 Å². The molecule has 1 heterocycles. The van der Waals surface area contributed by atoms with Crippen molar-refractivity contribution >= 4 is 17.7 Å². The molecule has 6 nitrogen and oxygen atoms in total. The molecule has 2 aromatic rings. The van der Waals surface area contributed by atoms with E-state index in [9.17, 15) is 9.59 Å². The predicted molar refractivity (Wildman–Crippen MR) is 116 cm³/mol. The van der Waals surface area contributed by atoms with Crippen LogP contribution in [0.4, 0.5) is 4.79 Å². The summed E-state index contributed by atoms with van der Waals surface area (Å²) in [5.74, 6) is 0.474. The molecule has 0 aromatic heterocycles. The van der Waals surface area contributed by atoms with Crippen molar-refractivity contribution in [1.29, 1.82) is 0 Å². The topological polar surface area (TPSA) is 76.7 Å². The first kappa shape index (κ1) is 21.4. The van der Waals surface area contributed by atoms with Gasteiger partial charge in [-0.3, -0.25) is 0 Å². The number of para-hydroxylation sites is 1. The van der Waals surface area contributed by atoms with E-state index in [0.29, 0.717) is 35.1 Å². The molecule has 1 aliphatic rings. The molecule has 1 atom stereocenters. The lowest BCUT2D eigenvalue weighted by molar-refractivity contribution is -0.143. The lowest BCUT2D eigenvalue weighted by atomic mass is 9.92. The number of amides is 2. The van der Waals surface area contributed by atoms with E-state index in [0.717, 1.165) is 5.56 Å². The summed E-state index contributed by atoms with van der Waals surface area (Å²) in [6.45, 7) is 8.24. The fourth-order valence-corrected chi connectivity index (χ4v) is 3.23. The molecular weight excluding hydrogens is 380 g/mol. The van der Waals surface area contributed by atoms with E-state index < -0.39 is 18.0 Å². The lowest BCUT2D eigenvalue weighted by Crippen LogP contribution is -2.45. The SMILES string of the molecule is CC(C)COc1ccccc1C1NC(=O)NC(c2ccccc2)=C1C(=O)OC(C)C. The van der Waals surface area contributed by atoms with Crippen LogP contribution >= 0.6 is 0 Å². The fourth-order valence-electron chi connectivity index (χ4n) is 3.23. The zero-order chi connectivity index (χ0) is 21.7. The summed E-state index contributed by atoms with van der Waals surface area (Å²) in [4.78, 5) is 25.7. The van der Waals surface area contributed by atoms with Crippen LogP contribution in [0.3, 0.4) is 0 Å². The van der Waals surface area contributed by atoms with Crippen LogP contribution in [0.25, 0.3) is 5.70 Å². The van der Waals surface area contributed by atoms with Gasteiger partial charge in [0, 0.05) is 5.56 Å². The maximum Gasteiger partial charge on any atom is 0.338 e. The quantitative estimate of drug-likeness (QED) is 0.664. The van der Waals surface area contributed by atoms with Crippen molar-refractivity contribution in [2.24, 2.45) is 5.92 Å². The van der Waals surface area contributed by atoms with Crippen LogP contribution in [0.1, 0.15) is 44.9 Å². The first-order valence-corrected chi connectivity index (χ1v) is 10.2. The number of benzene rings is 2. The van der Waals surface area contributed by atoms with Gasteiger partial charge in [-0.1, -0.05) is 62.4 Å². The van der Waals surface area contributed by atoms with Crippen molar-refractivity contribution in [3.8, 4) is 5.75 Å². The average molecular weight is 408 g/mol. The van der Waals surface area contributed by atoms with E-state index in [2.05, 4.69) is 24.5 Å². The molecule has 0 bridgehead atoms. The Morgan fingerprint density at radius 2 is 1.67 bits per heavy atom. The maximum atomic E-state index is 13.1. The van der Waals surface area contributed by atoms with Gasteiger partial charge < -0.3 is 20.1 Å². The minimum Gasteiger partial charge on any atom is -0.493 e. The Balaban J connectivity index is 2.14. The summed E-state index contributed by atoms with van der Waals surface area (Å²) in [7, 11) is 0. The molecule has 0 spiro atoms. The normalized spacial score (nSPS) is 16.3. The third-order valence-corrected chi connectivity index (χ3v) is 4.50. The summed E-state index contributed by atoms with van der Waals surface area (Å²) >= 11 is 0. The number of hydrogen-bond donors (Lipinski definition) is 2. The number of nitrogens with one attached hydrogen (secondary N) is 2. The van der Waals surface area contributed by atoms with Crippen LogP contribution in [-0.2, 0) is 9.53 Å². The Morgan fingerprint density at radius 1 is 1.00 bits per heavy atom. The fraction of sp³-hybridized carbons (Fsp3) is 0.333. The van der Waals surface area contributed by atoms with Crippen molar-refractivity contribution in [3.63, 3.8) is 0 Å². The van der Waals surface area contributed by atoms with Crippen LogP contribution in [0.5, 0.6) is 5.75 Å². The van der Waals surface area contributed by atoms with Crippen LogP contribution in [0.2, 0.25) is 0 Å². The highest BCUT2D eigenvalue weighted by Crippen LogP contribution is 2.36. The number of rotatable bonds is 7. The predicted octanol–water partition coefficient (Wildman–Crippen LogP) is 4.44. The van der Waals surface area contributed by atoms with Gasteiger partial charge in [0.15, 0.2) is 0 Å². The van der Waals surface area contributed by atoms with Crippen LogP contribution in [0, 0.1) is 5.92 Å². The number of carbonyl (C=O) groups is 2. The molecule has 2 amide bonds. The summed E-state index contributed by atoms with van der Waals surface area (Å²) in [5.41, 5.74) is 2.22. The molecular formula is C24H28N2O4. The smallest absolute Gasteiger partial charge is 0.338 e. The standard InChI is InChI=1S/C24H28N2O4/c1-15(2)14-29-19-13-9-8-12-18(19)22-20(23(27)30-16(3)4)21(25-24(28)26-22)17-10-6-5-7-11-17/h5-13,15-16,22H,14H2,1-4H3,(H2,25,26,28). The molecule has 2 aromatic carbocycles. The summed E-state index contributed by atoms with van der Waals surface area (Å²) in [6, 6.07) is 15.6. The van der Waals surface area contributed by atoms with E-state index in [1.165, 1.54) is 0 Å². The largest absolute Gasteiger partial charge is 0.493 e. The molecule has 1 aliphatic heterocycles. The minimum absolute atomic E-state index is 0.298. The average Bonchev–Trinajstić information content (AvgIpc) is 2.72. The number of carbonyl (C=O) groups excluding carboxylic acids is 2. The first-order chi connectivity index (χ1) is 14.4. The molecule has 0 aliphatic carbocycles. The van der Waals surface area contributed by atoms with Gasteiger partial charge in [-0.05, 0) is 31.4 Å². The molecule has 0 fully saturated rings. The molecule has 6 heteroatoms. The van der Waals surface area contributed by atoms with Crippen molar-refractivity contribution in [1.82, 2.24) is 10.6 Å². The second-order valence-corrected chi connectivity index (χ2v) is 7.88. The molecule has 0 radical (unpaired) electrons. The third kappa shape index (κ3) is 5.00. The molecule has 3 rings (SSSR count). The van der Waals surface area contributed by atoms with Crippen molar-refractivity contribution in [3.05, 3.63) is 71.3 Å². The van der Waals surface area contributed by atoms with E-state index in [-0.39, 0.29) is 6.10 Å². The number of ether oxygens (including phenoxy) is 2. The lowest BCUT2D eigenvalue weighted by Gasteiger charge is -2.31. The van der Waals surface area contributed by atoms with Gasteiger partial charge in [0.25, 0.3) is 0 Å².